The van der Waals surface area contributed by atoms with Crippen LogP contribution in [0.3, 0.4) is 0 Å². The summed E-state index contributed by atoms with van der Waals surface area (Å²) in [6.07, 6.45) is -39.1. The van der Waals surface area contributed by atoms with Crippen LogP contribution in [0.1, 0.15) is 79.1 Å². The third-order valence-electron chi connectivity index (χ3n) is 19.9. The lowest BCUT2D eigenvalue weighted by molar-refractivity contribution is -0.404. The molecule has 0 radical (unpaired) electrons. The summed E-state index contributed by atoms with van der Waals surface area (Å²) in [5, 5.41) is 182. The predicted octanol–water partition coefficient (Wildman–Crippen LogP) is -6.49. The molecule has 29 heteroatoms. The van der Waals surface area contributed by atoms with E-state index in [0.29, 0.717) is 36.8 Å². The van der Waals surface area contributed by atoms with Crippen LogP contribution in [0, 0.1) is 34.5 Å². The number of fused-ring (bicyclic) bond motifs is 5. The van der Waals surface area contributed by atoms with Gasteiger partial charge in [-0.2, -0.15) is 0 Å². The molecule has 9 rings (SSSR count). The van der Waals surface area contributed by atoms with E-state index < -0.39 is 203 Å². The Morgan fingerprint density at radius 3 is 1.78 bits per heavy atom. The minimum Gasteiger partial charge on any atom is -0.394 e. The second kappa shape index (κ2) is 27.3. The van der Waals surface area contributed by atoms with E-state index in [9.17, 15) is 96.4 Å². The van der Waals surface area contributed by atoms with Crippen LogP contribution in [0.25, 0.3) is 0 Å². The summed E-state index contributed by atoms with van der Waals surface area (Å²) in [5.41, 5.74) is 0.770. The Balaban J connectivity index is 0.855. The zero-order chi connectivity index (χ0) is 61.9. The van der Waals surface area contributed by atoms with Crippen LogP contribution in [0.15, 0.2) is 22.8 Å². The van der Waals surface area contributed by atoms with Crippen molar-refractivity contribution < 1.29 is 144 Å². The normalized spacial score (nSPS) is 50.4. The van der Waals surface area contributed by atoms with Gasteiger partial charge in [0.2, 0.25) is 0 Å². The third-order valence-corrected chi connectivity index (χ3v) is 19.9. The molecule has 486 valence electrons. The molecule has 0 amide bonds. The lowest BCUT2D eigenvalue weighted by atomic mass is 9.47. The van der Waals surface area contributed by atoms with Crippen molar-refractivity contribution in [3.8, 4) is 0 Å². The summed E-state index contributed by atoms with van der Waals surface area (Å²) in [5.74, 6) is -0.534. The van der Waals surface area contributed by atoms with Crippen molar-refractivity contribution in [2.75, 3.05) is 39.6 Å². The van der Waals surface area contributed by atoms with Gasteiger partial charge in [0.25, 0.3) is 0 Å². The number of carbonyl (C=O) groups excluding carboxylic acids is 2. The molecule has 3 saturated carbocycles. The Hall–Kier alpha value is -2.26. The molecule has 0 spiro atoms. The fraction of sp³-hybridized carbons (Fsp3) is 0.893. The van der Waals surface area contributed by atoms with Gasteiger partial charge in [0, 0.05) is 18.4 Å². The maximum absolute atomic E-state index is 14.1. The van der Waals surface area contributed by atoms with Crippen LogP contribution in [0.2, 0.25) is 0 Å². The van der Waals surface area contributed by atoms with E-state index in [2.05, 4.69) is 19.9 Å². The fourth-order valence-corrected chi connectivity index (χ4v) is 14.8. The second-order valence-corrected chi connectivity index (χ2v) is 25.3. The number of ketones is 2. The van der Waals surface area contributed by atoms with E-state index >= 15 is 0 Å². The van der Waals surface area contributed by atoms with Gasteiger partial charge in [-0.05, 0) is 85.5 Å². The van der Waals surface area contributed by atoms with Crippen LogP contribution in [-0.2, 0) is 57.0 Å². The number of Topliss-reactive ketones (excluding diaryl/α,β-unsaturated/α-hetero) is 2. The molecule has 5 saturated heterocycles. The van der Waals surface area contributed by atoms with Crippen molar-refractivity contribution in [1.82, 2.24) is 0 Å². The van der Waals surface area contributed by atoms with E-state index in [1.165, 1.54) is 0 Å². The summed E-state index contributed by atoms with van der Waals surface area (Å²) >= 11 is 0. The Morgan fingerprint density at radius 2 is 1.13 bits per heavy atom. The van der Waals surface area contributed by atoms with E-state index in [1.54, 1.807) is 6.92 Å². The third kappa shape index (κ3) is 12.9. The van der Waals surface area contributed by atoms with Gasteiger partial charge in [-0.15, -0.1) is 0 Å². The summed E-state index contributed by atoms with van der Waals surface area (Å²) in [4.78, 5) is 28.0. The summed E-state index contributed by atoms with van der Waals surface area (Å²) in [6, 6.07) is 0. The Kier molecular flexibility index (Phi) is 21.6. The maximum atomic E-state index is 14.1. The van der Waals surface area contributed by atoms with Gasteiger partial charge in [0.1, 0.15) is 116 Å². The number of aliphatic hydroxyl groups is 17. The number of rotatable bonds is 19. The molecular formula is C56H88O29. The average molecular weight is 1230 g/mol. The Bertz CT molecular complexity index is 2340. The maximum Gasteiger partial charge on any atom is 0.187 e. The average Bonchev–Trinajstić information content (AvgIpc) is 1.71. The van der Waals surface area contributed by atoms with Crippen molar-refractivity contribution >= 4 is 11.6 Å². The van der Waals surface area contributed by atoms with Gasteiger partial charge in [-0.25, -0.2) is 0 Å². The molecule has 0 aromatic rings. The molecule has 4 aliphatic carbocycles. The SMILES string of the molecule is CC(C(=O)CCC(C)COC1OC(CO)C(O)C(O)C1O)=C1C(=O)CC2C3CC=C4CC(OC5OC(CO)C(OC6OC(CO)C(O)C(OC7OCC(O)C(O)C7O)C6OC6OC(CO)C(O)C(O)C6O)C(O)C5O)C(O)CC4(C)C3CCC12C. The van der Waals surface area contributed by atoms with Crippen LogP contribution in [0.5, 0.6) is 0 Å². The first-order valence-electron chi connectivity index (χ1n) is 29.5. The Labute approximate surface area is 489 Å². The minimum atomic E-state index is -2.06. The summed E-state index contributed by atoms with van der Waals surface area (Å²) < 4.78 is 58.4. The molecule has 5 heterocycles. The van der Waals surface area contributed by atoms with Crippen molar-refractivity contribution in [3.63, 3.8) is 0 Å². The summed E-state index contributed by atoms with van der Waals surface area (Å²) in [7, 11) is 0. The predicted molar refractivity (Wildman–Crippen MR) is 280 cm³/mol. The van der Waals surface area contributed by atoms with E-state index in [0.717, 1.165) is 5.57 Å². The van der Waals surface area contributed by atoms with Gasteiger partial charge in [0.15, 0.2) is 43.0 Å². The van der Waals surface area contributed by atoms with Crippen molar-refractivity contribution in [2.45, 2.75) is 239 Å². The van der Waals surface area contributed by atoms with E-state index in [1.807, 2.05) is 6.92 Å². The van der Waals surface area contributed by atoms with E-state index in [-0.39, 0.29) is 67.5 Å². The summed E-state index contributed by atoms with van der Waals surface area (Å²) in [6.45, 7) is 3.80. The topological polar surface area (TPSA) is 470 Å². The highest BCUT2D eigenvalue weighted by molar-refractivity contribution is 6.08. The highest BCUT2D eigenvalue weighted by atomic mass is 16.8. The molecule has 32 atom stereocenters. The molecule has 8 fully saturated rings. The smallest absolute Gasteiger partial charge is 0.187 e. The number of aliphatic hydroxyl groups excluding tert-OH is 17. The molecule has 32 unspecified atom stereocenters. The van der Waals surface area contributed by atoms with Gasteiger partial charge in [0.05, 0.1) is 51.8 Å². The second-order valence-electron chi connectivity index (χ2n) is 25.3. The molecule has 5 aliphatic heterocycles. The largest absolute Gasteiger partial charge is 0.394 e. The monoisotopic (exact) mass is 1220 g/mol. The van der Waals surface area contributed by atoms with Crippen LogP contribution < -0.4 is 0 Å². The van der Waals surface area contributed by atoms with Crippen LogP contribution in [-0.4, -0.2) is 298 Å². The van der Waals surface area contributed by atoms with Crippen LogP contribution in [0.4, 0.5) is 0 Å². The molecule has 0 aromatic heterocycles. The van der Waals surface area contributed by atoms with Crippen molar-refractivity contribution in [1.29, 1.82) is 0 Å². The lowest BCUT2D eigenvalue weighted by Gasteiger charge is -2.58. The Morgan fingerprint density at radius 1 is 0.588 bits per heavy atom. The zero-order valence-electron chi connectivity index (χ0n) is 47.8. The first-order chi connectivity index (χ1) is 40.2. The standard InChI is InChI=1S/C56H88O29/c1-20(18-76-50-44(73)40(69)37(66)31(14-57)79-50)5-8-26(61)21(2)35-27(62)12-25-23-7-6-22-11-30(28(63)13-56(22,4)24(23)9-10-55(25,35)3)78-52-46(75)42(71)47(34(17-60)82-52)83-54-49(85-53-45(74)41(70)38(67)32(15-58)80-53)48(39(68)33(16-59)81-54)84-51-43(72)36(65)29(64)19-77-51/h6,20,23-25,28-34,36-54,57-60,63-75H,5,7-19H2,1-4H3. The molecular weight excluding hydrogens is 1140 g/mol. The molecule has 9 aliphatic rings. The zero-order valence-corrected chi connectivity index (χ0v) is 47.8. The van der Waals surface area contributed by atoms with Gasteiger partial charge < -0.3 is 134 Å². The number of ether oxygens (including phenoxy) is 10. The van der Waals surface area contributed by atoms with Gasteiger partial charge >= 0.3 is 0 Å². The van der Waals surface area contributed by atoms with Gasteiger partial charge in [-0.3, -0.25) is 9.59 Å². The molecule has 0 aromatic carbocycles. The molecule has 17 N–H and O–H groups in total. The quantitative estimate of drug-likeness (QED) is 0.0422. The number of carbonyl (C=O) groups is 2. The van der Waals surface area contributed by atoms with Crippen molar-refractivity contribution in [3.05, 3.63) is 22.8 Å². The molecule has 0 bridgehead atoms. The fourth-order valence-electron chi connectivity index (χ4n) is 14.8. The number of hydrogen-bond donors (Lipinski definition) is 17. The van der Waals surface area contributed by atoms with Crippen LogP contribution >= 0.6 is 0 Å². The molecule has 85 heavy (non-hydrogen) atoms. The first-order valence-corrected chi connectivity index (χ1v) is 29.5. The highest BCUT2D eigenvalue weighted by Gasteiger charge is 2.62. The number of allylic oxidation sites excluding steroid dienone is 3. The lowest BCUT2D eigenvalue weighted by Crippen LogP contribution is -2.68. The molecule has 29 nitrogen and oxygen atoms in total. The van der Waals surface area contributed by atoms with Crippen molar-refractivity contribution in [2.24, 2.45) is 34.5 Å². The van der Waals surface area contributed by atoms with E-state index in [4.69, 9.17) is 47.4 Å². The van der Waals surface area contributed by atoms with Gasteiger partial charge in [-0.1, -0.05) is 32.4 Å². The minimum absolute atomic E-state index is 0.0178. The first kappa shape index (κ1) is 67.1. The number of hydrogen-bond acceptors (Lipinski definition) is 29. The highest BCUT2D eigenvalue weighted by Crippen LogP contribution is 2.66.